The molecule has 0 saturated heterocycles. The number of aliphatic hydroxyl groups is 1. The van der Waals surface area contributed by atoms with Crippen molar-refractivity contribution in [3.05, 3.63) is 59.7 Å². The van der Waals surface area contributed by atoms with Crippen LogP contribution in [0.15, 0.2) is 42.5 Å². The summed E-state index contributed by atoms with van der Waals surface area (Å²) in [6, 6.07) is 9.31. The first-order chi connectivity index (χ1) is 10.8. The third-order valence-corrected chi connectivity index (χ3v) is 3.24. The molecule has 2 aromatic carbocycles. The molecule has 0 unspecified atom stereocenters. The second-order valence-corrected chi connectivity index (χ2v) is 5.43. The highest BCUT2D eigenvalue weighted by Crippen LogP contribution is 2.17. The lowest BCUT2D eigenvalue weighted by molar-refractivity contribution is -0.135. The first-order valence-electron chi connectivity index (χ1n) is 6.96. The fourth-order valence-corrected chi connectivity index (χ4v) is 1.81. The fraction of sp³-hybridized carbons (Fsp3) is 0.235. The van der Waals surface area contributed by atoms with Crippen molar-refractivity contribution < 1.29 is 23.4 Å². The Morgan fingerprint density at radius 1 is 1.22 bits per heavy atom. The molecule has 0 aromatic heterocycles. The van der Waals surface area contributed by atoms with Gasteiger partial charge in [-0.05, 0) is 61.9 Å². The molecule has 6 heteroatoms. The molecule has 23 heavy (non-hydrogen) atoms. The van der Waals surface area contributed by atoms with E-state index in [0.29, 0.717) is 17.0 Å². The van der Waals surface area contributed by atoms with E-state index >= 15 is 0 Å². The van der Waals surface area contributed by atoms with Crippen LogP contribution in [0.4, 0.5) is 14.5 Å². The first kappa shape index (κ1) is 16.9. The second kappa shape index (κ2) is 6.75. The SMILES string of the molecule is Cc1cc(NC(=O)[C@@](C)(O)COc2ccc(F)cc2)ccc1F. The van der Waals surface area contributed by atoms with Crippen LogP contribution in [0, 0.1) is 18.6 Å². The van der Waals surface area contributed by atoms with Gasteiger partial charge in [0.2, 0.25) is 0 Å². The number of hydrogen-bond donors (Lipinski definition) is 2. The van der Waals surface area contributed by atoms with Crippen LogP contribution in [0.1, 0.15) is 12.5 Å². The van der Waals surface area contributed by atoms with E-state index in [1.165, 1.54) is 49.4 Å². The Hall–Kier alpha value is -2.47. The molecular weight excluding hydrogens is 304 g/mol. The van der Waals surface area contributed by atoms with Gasteiger partial charge in [-0.1, -0.05) is 0 Å². The van der Waals surface area contributed by atoms with Gasteiger partial charge in [0.05, 0.1) is 0 Å². The second-order valence-electron chi connectivity index (χ2n) is 5.43. The molecular formula is C17H17F2NO3. The normalized spacial score (nSPS) is 13.3. The maximum Gasteiger partial charge on any atom is 0.259 e. The van der Waals surface area contributed by atoms with E-state index in [2.05, 4.69) is 5.32 Å². The maximum absolute atomic E-state index is 13.2. The van der Waals surface area contributed by atoms with Crippen LogP contribution in [0.5, 0.6) is 5.75 Å². The zero-order valence-electron chi connectivity index (χ0n) is 12.8. The van der Waals surface area contributed by atoms with Gasteiger partial charge in [-0.2, -0.15) is 0 Å². The Kier molecular flexibility index (Phi) is 4.95. The highest BCUT2D eigenvalue weighted by atomic mass is 19.1. The van der Waals surface area contributed by atoms with Crippen LogP contribution in [0.3, 0.4) is 0 Å². The summed E-state index contributed by atoms with van der Waals surface area (Å²) in [7, 11) is 0. The number of amides is 1. The van der Waals surface area contributed by atoms with Crippen molar-refractivity contribution in [2.24, 2.45) is 0 Å². The fourth-order valence-electron chi connectivity index (χ4n) is 1.81. The number of hydrogen-bond acceptors (Lipinski definition) is 3. The summed E-state index contributed by atoms with van der Waals surface area (Å²) in [5.41, 5.74) is -1.06. The predicted molar refractivity (Wildman–Crippen MR) is 82.3 cm³/mol. The average Bonchev–Trinajstić information content (AvgIpc) is 2.50. The number of carbonyl (C=O) groups excluding carboxylic acids is 1. The quantitative estimate of drug-likeness (QED) is 0.890. The van der Waals surface area contributed by atoms with Crippen molar-refractivity contribution in [2.45, 2.75) is 19.4 Å². The van der Waals surface area contributed by atoms with Gasteiger partial charge in [-0.3, -0.25) is 4.79 Å². The molecule has 4 nitrogen and oxygen atoms in total. The monoisotopic (exact) mass is 321 g/mol. The Morgan fingerprint density at radius 3 is 2.48 bits per heavy atom. The van der Waals surface area contributed by atoms with Gasteiger partial charge in [0.25, 0.3) is 5.91 Å². The topological polar surface area (TPSA) is 58.6 Å². The van der Waals surface area contributed by atoms with Gasteiger partial charge >= 0.3 is 0 Å². The van der Waals surface area contributed by atoms with Crippen molar-refractivity contribution in [1.82, 2.24) is 0 Å². The molecule has 0 saturated carbocycles. The van der Waals surface area contributed by atoms with Crippen molar-refractivity contribution in [2.75, 3.05) is 11.9 Å². The lowest BCUT2D eigenvalue weighted by Gasteiger charge is -2.22. The molecule has 0 fully saturated rings. The van der Waals surface area contributed by atoms with E-state index in [1.807, 2.05) is 0 Å². The molecule has 0 heterocycles. The van der Waals surface area contributed by atoms with E-state index in [0.717, 1.165) is 0 Å². The van der Waals surface area contributed by atoms with Crippen LogP contribution in [-0.2, 0) is 4.79 Å². The van der Waals surface area contributed by atoms with E-state index in [4.69, 9.17) is 4.74 Å². The zero-order valence-corrected chi connectivity index (χ0v) is 12.8. The molecule has 1 amide bonds. The molecule has 0 aliphatic carbocycles. The van der Waals surface area contributed by atoms with Crippen LogP contribution < -0.4 is 10.1 Å². The number of halogens is 2. The van der Waals surface area contributed by atoms with Crippen molar-refractivity contribution in [3.63, 3.8) is 0 Å². The van der Waals surface area contributed by atoms with E-state index in [1.54, 1.807) is 6.92 Å². The van der Waals surface area contributed by atoms with Gasteiger partial charge < -0.3 is 15.2 Å². The third kappa shape index (κ3) is 4.50. The number of anilines is 1. The van der Waals surface area contributed by atoms with Crippen molar-refractivity contribution >= 4 is 11.6 Å². The minimum atomic E-state index is -1.81. The van der Waals surface area contributed by atoms with Crippen LogP contribution in [0.2, 0.25) is 0 Å². The van der Waals surface area contributed by atoms with Gasteiger partial charge in [-0.25, -0.2) is 8.78 Å². The Morgan fingerprint density at radius 2 is 1.87 bits per heavy atom. The number of benzene rings is 2. The molecule has 0 aliphatic rings. The minimum Gasteiger partial charge on any atom is -0.490 e. The largest absolute Gasteiger partial charge is 0.490 e. The Balaban J connectivity index is 1.98. The maximum atomic E-state index is 13.2. The van der Waals surface area contributed by atoms with Crippen molar-refractivity contribution in [3.8, 4) is 5.75 Å². The van der Waals surface area contributed by atoms with Crippen LogP contribution in [0.25, 0.3) is 0 Å². The number of carbonyl (C=O) groups is 1. The summed E-state index contributed by atoms with van der Waals surface area (Å²) in [4.78, 5) is 12.1. The van der Waals surface area contributed by atoms with E-state index in [-0.39, 0.29) is 12.4 Å². The molecule has 2 rings (SSSR count). The lowest BCUT2D eigenvalue weighted by Crippen LogP contribution is -2.45. The summed E-state index contributed by atoms with van der Waals surface area (Å²) in [5.74, 6) is -1.15. The molecule has 0 aliphatic heterocycles. The molecule has 0 radical (unpaired) electrons. The van der Waals surface area contributed by atoms with Gasteiger partial charge in [0, 0.05) is 5.69 Å². The average molecular weight is 321 g/mol. The zero-order chi connectivity index (χ0) is 17.0. The summed E-state index contributed by atoms with van der Waals surface area (Å²) in [6.45, 7) is 2.55. The van der Waals surface area contributed by atoms with Crippen LogP contribution >= 0.6 is 0 Å². The lowest BCUT2D eigenvalue weighted by atomic mass is 10.1. The van der Waals surface area contributed by atoms with Gasteiger partial charge in [-0.15, -0.1) is 0 Å². The number of rotatable bonds is 5. The number of nitrogens with one attached hydrogen (secondary N) is 1. The summed E-state index contributed by atoms with van der Waals surface area (Å²) in [6.07, 6.45) is 0. The van der Waals surface area contributed by atoms with E-state index < -0.39 is 17.3 Å². The van der Waals surface area contributed by atoms with E-state index in [9.17, 15) is 18.7 Å². The standard InChI is InChI=1S/C17H17F2NO3/c1-11-9-13(5-8-15(11)19)20-16(21)17(2,22)10-23-14-6-3-12(18)4-7-14/h3-9,22H,10H2,1-2H3,(H,20,21)/t17-/m0/s1. The summed E-state index contributed by atoms with van der Waals surface area (Å²) in [5, 5.41) is 12.7. The number of aryl methyl sites for hydroxylation is 1. The number of ether oxygens (including phenoxy) is 1. The summed E-state index contributed by atoms with van der Waals surface area (Å²) < 4.78 is 31.3. The Bertz CT molecular complexity index is 699. The van der Waals surface area contributed by atoms with Gasteiger partial charge in [0.1, 0.15) is 24.0 Å². The Labute approximate surface area is 132 Å². The molecule has 2 N–H and O–H groups in total. The molecule has 0 bridgehead atoms. The molecule has 0 spiro atoms. The molecule has 2 aromatic rings. The first-order valence-corrected chi connectivity index (χ1v) is 6.96. The highest BCUT2D eigenvalue weighted by Gasteiger charge is 2.31. The van der Waals surface area contributed by atoms with Crippen molar-refractivity contribution in [1.29, 1.82) is 0 Å². The molecule has 122 valence electrons. The third-order valence-electron chi connectivity index (χ3n) is 3.24. The molecule has 1 atom stereocenters. The highest BCUT2D eigenvalue weighted by molar-refractivity contribution is 5.97. The smallest absolute Gasteiger partial charge is 0.259 e. The minimum absolute atomic E-state index is 0.315. The van der Waals surface area contributed by atoms with Crippen LogP contribution in [-0.4, -0.2) is 23.2 Å². The van der Waals surface area contributed by atoms with Gasteiger partial charge in [0.15, 0.2) is 5.60 Å². The summed E-state index contributed by atoms with van der Waals surface area (Å²) >= 11 is 0. The predicted octanol–water partition coefficient (Wildman–Crippen LogP) is 3.04.